The zero-order valence-corrected chi connectivity index (χ0v) is 16.6. The van der Waals surface area contributed by atoms with Crippen LogP contribution in [0.15, 0.2) is 41.3 Å². The molecule has 0 unspecified atom stereocenters. The van der Waals surface area contributed by atoms with E-state index >= 15 is 0 Å². The summed E-state index contributed by atoms with van der Waals surface area (Å²) in [6.07, 6.45) is 1.79. The Bertz CT molecular complexity index is 1140. The van der Waals surface area contributed by atoms with Gasteiger partial charge in [-0.05, 0) is 56.3 Å². The molecule has 6 heteroatoms. The highest BCUT2D eigenvalue weighted by Gasteiger charge is 2.29. The summed E-state index contributed by atoms with van der Waals surface area (Å²) in [6, 6.07) is 9.52. The molecule has 0 atom stereocenters. The molecule has 144 valence electrons. The number of rotatable bonds is 3. The van der Waals surface area contributed by atoms with E-state index in [0.717, 1.165) is 40.8 Å². The number of aryl methyl sites for hydroxylation is 3. The zero-order valence-electron chi connectivity index (χ0n) is 16.6. The maximum absolute atomic E-state index is 13.0. The van der Waals surface area contributed by atoms with E-state index in [9.17, 15) is 9.59 Å². The van der Waals surface area contributed by atoms with Gasteiger partial charge in [-0.15, -0.1) is 0 Å². The Balaban J connectivity index is 1.75. The lowest BCUT2D eigenvalue weighted by Gasteiger charge is -2.34. The SMILES string of the molecule is Cc1cc2c(cn1)cc(-c1cc(NC(=O)C3CN(C)C3)ccc1C)c(=O)n2C. The number of pyridine rings is 2. The van der Waals surface area contributed by atoms with Gasteiger partial charge in [0, 0.05) is 48.7 Å². The minimum absolute atomic E-state index is 0.0256. The summed E-state index contributed by atoms with van der Waals surface area (Å²) >= 11 is 0. The Morgan fingerprint density at radius 2 is 1.86 bits per heavy atom. The number of fused-ring (bicyclic) bond motifs is 1. The van der Waals surface area contributed by atoms with Crippen LogP contribution in [0.25, 0.3) is 22.0 Å². The first-order valence-electron chi connectivity index (χ1n) is 9.40. The molecule has 2 aromatic heterocycles. The molecule has 0 spiro atoms. The second kappa shape index (κ2) is 6.87. The van der Waals surface area contributed by atoms with E-state index in [1.807, 2.05) is 51.2 Å². The molecule has 4 rings (SSSR count). The Kier molecular flexibility index (Phi) is 4.51. The molecular formula is C22H24N4O2. The molecule has 3 heterocycles. The second-order valence-corrected chi connectivity index (χ2v) is 7.74. The summed E-state index contributed by atoms with van der Waals surface area (Å²) < 4.78 is 1.66. The largest absolute Gasteiger partial charge is 0.326 e. The first kappa shape index (κ1) is 18.4. The van der Waals surface area contributed by atoms with Crippen molar-refractivity contribution in [3.63, 3.8) is 0 Å². The molecule has 1 amide bonds. The van der Waals surface area contributed by atoms with Gasteiger partial charge in [0.05, 0.1) is 11.4 Å². The lowest BCUT2D eigenvalue weighted by atomic mass is 9.98. The number of aromatic nitrogens is 2. The number of anilines is 1. The average Bonchev–Trinajstić information content (AvgIpc) is 2.64. The molecule has 1 aliphatic heterocycles. The predicted octanol–water partition coefficient (Wildman–Crippen LogP) is 2.72. The lowest BCUT2D eigenvalue weighted by molar-refractivity contribution is -0.124. The quantitative estimate of drug-likeness (QED) is 0.763. The van der Waals surface area contributed by atoms with Gasteiger partial charge in [0.15, 0.2) is 0 Å². The third kappa shape index (κ3) is 3.20. The number of carbonyl (C=O) groups excluding carboxylic acids is 1. The van der Waals surface area contributed by atoms with Crippen molar-refractivity contribution < 1.29 is 4.79 Å². The van der Waals surface area contributed by atoms with Crippen molar-refractivity contribution in [2.45, 2.75) is 13.8 Å². The van der Waals surface area contributed by atoms with Gasteiger partial charge in [-0.2, -0.15) is 0 Å². The van der Waals surface area contributed by atoms with E-state index < -0.39 is 0 Å². The summed E-state index contributed by atoms with van der Waals surface area (Å²) in [5.41, 5.74) is 4.80. The molecule has 0 aliphatic carbocycles. The average molecular weight is 376 g/mol. The fourth-order valence-corrected chi connectivity index (χ4v) is 3.76. The minimum Gasteiger partial charge on any atom is -0.326 e. The van der Waals surface area contributed by atoms with Crippen LogP contribution in [-0.4, -0.2) is 40.5 Å². The highest BCUT2D eigenvalue weighted by molar-refractivity contribution is 5.94. The summed E-state index contributed by atoms with van der Waals surface area (Å²) in [7, 11) is 3.78. The molecular weight excluding hydrogens is 352 g/mol. The lowest BCUT2D eigenvalue weighted by Crippen LogP contribution is -2.49. The Labute approximate surface area is 163 Å². The van der Waals surface area contributed by atoms with Gasteiger partial charge in [0.25, 0.3) is 5.56 Å². The van der Waals surface area contributed by atoms with Gasteiger partial charge in [0.1, 0.15) is 0 Å². The van der Waals surface area contributed by atoms with Crippen molar-refractivity contribution in [2.24, 2.45) is 13.0 Å². The van der Waals surface area contributed by atoms with E-state index in [1.165, 1.54) is 0 Å². The number of hydrogen-bond acceptors (Lipinski definition) is 4. The van der Waals surface area contributed by atoms with Crippen LogP contribution in [0.2, 0.25) is 0 Å². The topological polar surface area (TPSA) is 67.2 Å². The van der Waals surface area contributed by atoms with Crippen molar-refractivity contribution >= 4 is 22.5 Å². The molecule has 1 aromatic carbocycles. The van der Waals surface area contributed by atoms with Crippen molar-refractivity contribution in [1.82, 2.24) is 14.5 Å². The Morgan fingerprint density at radius 3 is 2.57 bits per heavy atom. The molecule has 6 nitrogen and oxygen atoms in total. The number of amides is 1. The van der Waals surface area contributed by atoms with Crippen LogP contribution < -0.4 is 10.9 Å². The summed E-state index contributed by atoms with van der Waals surface area (Å²) in [5, 5.41) is 3.90. The molecule has 28 heavy (non-hydrogen) atoms. The standard InChI is InChI=1S/C22H24N4O2/c1-13-5-6-17(24-21(27)16-11-25(3)12-16)9-18(13)19-8-15-10-23-14(2)7-20(15)26(4)22(19)28/h5-10,16H,11-12H2,1-4H3,(H,24,27). The smallest absolute Gasteiger partial charge is 0.258 e. The van der Waals surface area contributed by atoms with Gasteiger partial charge < -0.3 is 14.8 Å². The van der Waals surface area contributed by atoms with Gasteiger partial charge in [-0.3, -0.25) is 14.6 Å². The Hall–Kier alpha value is -2.99. The van der Waals surface area contributed by atoms with Crippen molar-refractivity contribution in [3.8, 4) is 11.1 Å². The molecule has 1 N–H and O–H groups in total. The van der Waals surface area contributed by atoms with Crippen molar-refractivity contribution in [1.29, 1.82) is 0 Å². The predicted molar refractivity (Wildman–Crippen MR) is 112 cm³/mol. The van der Waals surface area contributed by atoms with Crippen LogP contribution in [0.1, 0.15) is 11.3 Å². The highest BCUT2D eigenvalue weighted by Crippen LogP contribution is 2.27. The molecule has 0 saturated carbocycles. The van der Waals surface area contributed by atoms with Crippen LogP contribution in [0.5, 0.6) is 0 Å². The van der Waals surface area contributed by atoms with Crippen LogP contribution in [0.3, 0.4) is 0 Å². The van der Waals surface area contributed by atoms with Crippen molar-refractivity contribution in [2.75, 3.05) is 25.5 Å². The number of nitrogens with one attached hydrogen (secondary N) is 1. The normalized spacial score (nSPS) is 14.9. The minimum atomic E-state index is -0.0645. The molecule has 0 radical (unpaired) electrons. The Morgan fingerprint density at radius 1 is 1.11 bits per heavy atom. The third-order valence-electron chi connectivity index (χ3n) is 5.48. The molecule has 3 aromatic rings. The maximum Gasteiger partial charge on any atom is 0.258 e. The van der Waals surface area contributed by atoms with E-state index in [2.05, 4.69) is 15.2 Å². The summed E-state index contributed by atoms with van der Waals surface area (Å²) in [6.45, 7) is 5.44. The third-order valence-corrected chi connectivity index (χ3v) is 5.48. The van der Waals surface area contributed by atoms with E-state index in [-0.39, 0.29) is 17.4 Å². The van der Waals surface area contributed by atoms with Crippen LogP contribution >= 0.6 is 0 Å². The van der Waals surface area contributed by atoms with Crippen LogP contribution in [0.4, 0.5) is 5.69 Å². The van der Waals surface area contributed by atoms with E-state index in [1.54, 1.807) is 17.8 Å². The summed E-state index contributed by atoms with van der Waals surface area (Å²) in [5.74, 6) is 0.0524. The van der Waals surface area contributed by atoms with Crippen LogP contribution in [0, 0.1) is 19.8 Å². The van der Waals surface area contributed by atoms with Gasteiger partial charge in [0.2, 0.25) is 5.91 Å². The molecule has 1 aliphatic rings. The highest BCUT2D eigenvalue weighted by atomic mass is 16.2. The fourth-order valence-electron chi connectivity index (χ4n) is 3.76. The maximum atomic E-state index is 13.0. The van der Waals surface area contributed by atoms with Crippen molar-refractivity contribution in [3.05, 3.63) is 58.1 Å². The van der Waals surface area contributed by atoms with Crippen LogP contribution in [-0.2, 0) is 11.8 Å². The second-order valence-electron chi connectivity index (χ2n) is 7.74. The van der Waals surface area contributed by atoms with Gasteiger partial charge in [-0.1, -0.05) is 6.07 Å². The fraction of sp³-hybridized carbons (Fsp3) is 0.318. The molecule has 0 bridgehead atoms. The number of benzene rings is 1. The van der Waals surface area contributed by atoms with Gasteiger partial charge >= 0.3 is 0 Å². The van der Waals surface area contributed by atoms with Gasteiger partial charge in [-0.25, -0.2) is 0 Å². The number of carbonyl (C=O) groups is 1. The van der Waals surface area contributed by atoms with E-state index in [4.69, 9.17) is 0 Å². The summed E-state index contributed by atoms with van der Waals surface area (Å²) in [4.78, 5) is 31.9. The number of likely N-dealkylation sites (tertiary alicyclic amines) is 1. The monoisotopic (exact) mass is 376 g/mol. The van der Waals surface area contributed by atoms with E-state index in [0.29, 0.717) is 11.3 Å². The molecule has 1 fully saturated rings. The first-order valence-corrected chi connectivity index (χ1v) is 9.40. The number of hydrogen-bond donors (Lipinski definition) is 1. The zero-order chi connectivity index (χ0) is 20.0. The molecule has 1 saturated heterocycles. The first-order chi connectivity index (χ1) is 13.3. The number of nitrogens with zero attached hydrogens (tertiary/aromatic N) is 3.